The van der Waals surface area contributed by atoms with E-state index in [0.29, 0.717) is 13.0 Å². The van der Waals surface area contributed by atoms with Crippen molar-refractivity contribution in [2.24, 2.45) is 0 Å². The number of carbonyl (C=O) groups excluding carboxylic acids is 1. The van der Waals surface area contributed by atoms with Gasteiger partial charge in [-0.25, -0.2) is 4.98 Å². The third kappa shape index (κ3) is 2.54. The summed E-state index contributed by atoms with van der Waals surface area (Å²) in [5.74, 6) is 1.06. The van der Waals surface area contributed by atoms with Crippen LogP contribution in [0.3, 0.4) is 0 Å². The van der Waals surface area contributed by atoms with E-state index in [2.05, 4.69) is 11.9 Å². The number of ether oxygens (including phenoxy) is 1. The summed E-state index contributed by atoms with van der Waals surface area (Å²) in [4.78, 5) is 16.0. The number of hydrogen-bond acceptors (Lipinski definition) is 4. The Morgan fingerprint density at radius 1 is 1.37 bits per heavy atom. The number of nitrogens with zero attached hydrogens (tertiary/aromatic N) is 1. The van der Waals surface area contributed by atoms with Crippen LogP contribution in [-0.4, -0.2) is 10.8 Å². The molecule has 0 spiro atoms. The quantitative estimate of drug-likeness (QED) is 0.857. The van der Waals surface area contributed by atoms with Gasteiger partial charge in [0.2, 0.25) is 0 Å². The minimum atomic E-state index is 0.244. The molecule has 0 radical (unpaired) electrons. The first-order valence-corrected chi connectivity index (χ1v) is 7.36. The third-order valence-electron chi connectivity index (χ3n) is 3.29. The van der Waals surface area contributed by atoms with Crippen LogP contribution in [0.25, 0.3) is 0 Å². The van der Waals surface area contributed by atoms with Crippen LogP contribution in [0, 0.1) is 0 Å². The van der Waals surface area contributed by atoms with E-state index in [0.717, 1.165) is 40.4 Å². The van der Waals surface area contributed by atoms with E-state index in [1.165, 1.54) is 0 Å². The standard InChI is InChI=1S/C15H15NO2S/c1-2-15-16-11(9-19-15)8-18-12-4-5-13-10(7-12)3-6-14(13)17/h4-5,7,9H,2-3,6,8H2,1H3. The maximum Gasteiger partial charge on any atom is 0.163 e. The van der Waals surface area contributed by atoms with Crippen LogP contribution >= 0.6 is 11.3 Å². The molecule has 3 nitrogen and oxygen atoms in total. The second kappa shape index (κ2) is 5.13. The van der Waals surface area contributed by atoms with Gasteiger partial charge in [-0.2, -0.15) is 0 Å². The van der Waals surface area contributed by atoms with E-state index >= 15 is 0 Å². The highest BCUT2D eigenvalue weighted by atomic mass is 32.1. The molecule has 0 aliphatic heterocycles. The zero-order chi connectivity index (χ0) is 13.2. The number of benzene rings is 1. The number of Topliss-reactive ketones (excluding diaryl/α,β-unsaturated/α-hetero) is 1. The van der Waals surface area contributed by atoms with E-state index in [-0.39, 0.29) is 5.78 Å². The Morgan fingerprint density at radius 2 is 2.26 bits per heavy atom. The summed E-state index contributed by atoms with van der Waals surface area (Å²) in [5, 5.41) is 3.17. The van der Waals surface area contributed by atoms with Gasteiger partial charge in [-0.1, -0.05) is 6.92 Å². The smallest absolute Gasteiger partial charge is 0.163 e. The largest absolute Gasteiger partial charge is 0.487 e. The van der Waals surface area contributed by atoms with Crippen molar-refractivity contribution in [3.8, 4) is 5.75 Å². The number of carbonyl (C=O) groups is 1. The summed E-state index contributed by atoms with van der Waals surface area (Å²) < 4.78 is 5.74. The van der Waals surface area contributed by atoms with Crippen molar-refractivity contribution in [1.82, 2.24) is 4.98 Å². The van der Waals surface area contributed by atoms with Crippen molar-refractivity contribution >= 4 is 17.1 Å². The molecular formula is C15H15NO2S. The second-order valence-corrected chi connectivity index (χ2v) is 5.56. The van der Waals surface area contributed by atoms with Gasteiger partial charge >= 0.3 is 0 Å². The summed E-state index contributed by atoms with van der Waals surface area (Å²) in [5.41, 5.74) is 2.93. The summed E-state index contributed by atoms with van der Waals surface area (Å²) in [6, 6.07) is 5.72. The van der Waals surface area contributed by atoms with Gasteiger partial charge in [-0.05, 0) is 36.6 Å². The van der Waals surface area contributed by atoms with Gasteiger partial charge in [0.15, 0.2) is 5.78 Å². The zero-order valence-corrected chi connectivity index (χ0v) is 11.6. The van der Waals surface area contributed by atoms with Gasteiger partial charge in [0, 0.05) is 17.4 Å². The number of aryl methyl sites for hydroxylation is 2. The van der Waals surface area contributed by atoms with Crippen LogP contribution in [0.2, 0.25) is 0 Å². The van der Waals surface area contributed by atoms with E-state index in [9.17, 15) is 4.79 Å². The highest BCUT2D eigenvalue weighted by Gasteiger charge is 2.19. The van der Waals surface area contributed by atoms with Gasteiger partial charge in [-0.3, -0.25) is 4.79 Å². The molecule has 19 heavy (non-hydrogen) atoms. The number of thiazole rings is 1. The number of rotatable bonds is 4. The van der Waals surface area contributed by atoms with Gasteiger partial charge in [-0.15, -0.1) is 11.3 Å². The third-order valence-corrected chi connectivity index (χ3v) is 4.33. The van der Waals surface area contributed by atoms with E-state index in [4.69, 9.17) is 4.74 Å². The molecule has 1 aromatic carbocycles. The molecule has 0 bridgehead atoms. The molecule has 1 heterocycles. The van der Waals surface area contributed by atoms with Crippen molar-refractivity contribution < 1.29 is 9.53 Å². The van der Waals surface area contributed by atoms with E-state index in [1.54, 1.807) is 11.3 Å². The zero-order valence-electron chi connectivity index (χ0n) is 10.8. The number of fused-ring (bicyclic) bond motifs is 1. The maximum atomic E-state index is 11.5. The molecule has 4 heteroatoms. The Balaban J connectivity index is 1.69. The van der Waals surface area contributed by atoms with Crippen molar-refractivity contribution in [3.05, 3.63) is 45.4 Å². The molecule has 0 amide bonds. The molecule has 0 saturated carbocycles. The summed E-state index contributed by atoms with van der Waals surface area (Å²) in [7, 11) is 0. The monoisotopic (exact) mass is 273 g/mol. The van der Waals surface area contributed by atoms with Crippen LogP contribution in [0.4, 0.5) is 0 Å². The normalized spacial score (nSPS) is 13.6. The fourth-order valence-corrected chi connectivity index (χ4v) is 2.99. The Morgan fingerprint density at radius 3 is 3.05 bits per heavy atom. The Hall–Kier alpha value is -1.68. The molecule has 1 aromatic heterocycles. The average Bonchev–Trinajstić information content (AvgIpc) is 3.03. The predicted octanol–water partition coefficient (Wildman–Crippen LogP) is 3.41. The summed E-state index contributed by atoms with van der Waals surface area (Å²) in [6.07, 6.45) is 2.43. The van der Waals surface area contributed by atoms with Gasteiger partial charge < -0.3 is 4.74 Å². The Kier molecular flexibility index (Phi) is 3.34. The maximum absolute atomic E-state index is 11.5. The number of aromatic nitrogens is 1. The SMILES string of the molecule is CCc1nc(COc2ccc3c(c2)CCC3=O)cs1. The van der Waals surface area contributed by atoms with Crippen LogP contribution in [0.1, 0.15) is 40.0 Å². The van der Waals surface area contributed by atoms with Crippen molar-refractivity contribution in [2.45, 2.75) is 32.8 Å². The Bertz CT molecular complexity index is 618. The minimum absolute atomic E-state index is 0.244. The molecule has 98 valence electrons. The predicted molar refractivity (Wildman–Crippen MR) is 74.9 cm³/mol. The highest BCUT2D eigenvalue weighted by molar-refractivity contribution is 7.09. The van der Waals surface area contributed by atoms with Crippen LogP contribution in [-0.2, 0) is 19.4 Å². The lowest BCUT2D eigenvalue weighted by Crippen LogP contribution is -1.97. The lowest BCUT2D eigenvalue weighted by Gasteiger charge is -2.06. The van der Waals surface area contributed by atoms with Crippen LogP contribution in [0.5, 0.6) is 5.75 Å². The first-order valence-electron chi connectivity index (χ1n) is 6.48. The molecular weight excluding hydrogens is 258 g/mol. The van der Waals surface area contributed by atoms with E-state index < -0.39 is 0 Å². The highest BCUT2D eigenvalue weighted by Crippen LogP contribution is 2.26. The molecule has 2 aromatic rings. The first-order chi connectivity index (χ1) is 9.26. The molecule has 0 N–H and O–H groups in total. The average molecular weight is 273 g/mol. The van der Waals surface area contributed by atoms with E-state index in [1.807, 2.05) is 23.6 Å². The van der Waals surface area contributed by atoms with Crippen molar-refractivity contribution in [1.29, 1.82) is 0 Å². The molecule has 0 fully saturated rings. The fraction of sp³-hybridized carbons (Fsp3) is 0.333. The lowest BCUT2D eigenvalue weighted by atomic mass is 10.1. The van der Waals surface area contributed by atoms with Gasteiger partial charge in [0.1, 0.15) is 12.4 Å². The van der Waals surface area contributed by atoms with Gasteiger partial charge in [0.25, 0.3) is 0 Å². The summed E-state index contributed by atoms with van der Waals surface area (Å²) in [6.45, 7) is 2.59. The number of hydrogen-bond donors (Lipinski definition) is 0. The molecule has 0 unspecified atom stereocenters. The lowest BCUT2D eigenvalue weighted by molar-refractivity contribution is 0.0994. The summed E-state index contributed by atoms with van der Waals surface area (Å²) >= 11 is 1.67. The molecule has 3 rings (SSSR count). The molecule has 1 aliphatic carbocycles. The molecule has 1 aliphatic rings. The van der Waals surface area contributed by atoms with Crippen molar-refractivity contribution in [2.75, 3.05) is 0 Å². The fourth-order valence-electron chi connectivity index (χ4n) is 2.26. The molecule has 0 atom stereocenters. The first kappa shape index (κ1) is 12.4. The number of ketones is 1. The second-order valence-electron chi connectivity index (χ2n) is 4.62. The van der Waals surface area contributed by atoms with Crippen molar-refractivity contribution in [3.63, 3.8) is 0 Å². The minimum Gasteiger partial charge on any atom is -0.487 e. The van der Waals surface area contributed by atoms with Gasteiger partial charge in [0.05, 0.1) is 10.7 Å². The topological polar surface area (TPSA) is 39.2 Å². The Labute approximate surface area is 116 Å². The molecule has 0 saturated heterocycles. The van der Waals surface area contributed by atoms with Crippen LogP contribution < -0.4 is 4.74 Å². The van der Waals surface area contributed by atoms with Crippen LogP contribution in [0.15, 0.2) is 23.6 Å².